The first kappa shape index (κ1) is 24.9. The first-order chi connectivity index (χ1) is 16.3. The number of amides is 3. The van der Waals surface area contributed by atoms with Gasteiger partial charge in [0, 0.05) is 19.7 Å². The Morgan fingerprint density at radius 1 is 1.21 bits per heavy atom. The summed E-state index contributed by atoms with van der Waals surface area (Å²) in [6.45, 7) is 4.84. The van der Waals surface area contributed by atoms with Crippen LogP contribution in [0.3, 0.4) is 0 Å². The maximum atomic E-state index is 13.8. The van der Waals surface area contributed by atoms with Gasteiger partial charge in [-0.25, -0.2) is 0 Å². The van der Waals surface area contributed by atoms with Gasteiger partial charge in [-0.3, -0.25) is 14.4 Å². The number of anilines is 1. The minimum absolute atomic E-state index is 0.0814. The molecular formula is C25H34ClN3O5. The molecule has 3 aliphatic heterocycles. The highest BCUT2D eigenvalue weighted by Crippen LogP contribution is 2.63. The van der Waals surface area contributed by atoms with E-state index >= 15 is 0 Å². The summed E-state index contributed by atoms with van der Waals surface area (Å²) in [4.78, 5) is 42.3. The fourth-order valence-corrected chi connectivity index (χ4v) is 6.24. The molecule has 186 valence electrons. The average Bonchev–Trinajstić information content (AvgIpc) is 3.37. The van der Waals surface area contributed by atoms with E-state index in [-0.39, 0.29) is 24.3 Å². The van der Waals surface area contributed by atoms with Gasteiger partial charge < -0.3 is 25.4 Å². The zero-order valence-electron chi connectivity index (χ0n) is 19.8. The number of unbranched alkanes of at least 4 members (excludes halogenated alkanes) is 2. The second-order valence-corrected chi connectivity index (χ2v) is 10.2. The second kappa shape index (κ2) is 9.84. The number of halogens is 1. The summed E-state index contributed by atoms with van der Waals surface area (Å²) >= 11 is 6.28. The van der Waals surface area contributed by atoms with Crippen LogP contribution in [-0.2, 0) is 19.1 Å². The van der Waals surface area contributed by atoms with Crippen LogP contribution < -0.4 is 10.6 Å². The lowest BCUT2D eigenvalue weighted by molar-refractivity contribution is -0.144. The van der Waals surface area contributed by atoms with Crippen LogP contribution in [0, 0.1) is 11.8 Å². The van der Waals surface area contributed by atoms with Crippen LogP contribution in [0.2, 0.25) is 5.02 Å². The number of para-hydroxylation sites is 1. The Bertz CT molecular complexity index is 958. The monoisotopic (exact) mass is 491 g/mol. The topological polar surface area (TPSA) is 108 Å². The number of nitrogens with one attached hydrogen (secondary N) is 2. The summed E-state index contributed by atoms with van der Waals surface area (Å²) in [5, 5.41) is 15.4. The minimum atomic E-state index is -1.05. The molecule has 2 unspecified atom stereocenters. The molecule has 3 saturated heterocycles. The smallest absolute Gasteiger partial charge is 0.250 e. The van der Waals surface area contributed by atoms with E-state index in [4.69, 9.17) is 21.4 Å². The summed E-state index contributed by atoms with van der Waals surface area (Å²) in [5.74, 6) is -2.09. The molecule has 9 heteroatoms. The standard InChI is InChI=1S/C25H34ClN3O5/c1-3-13-27-21(31)18-19-23(33)29(14-7-4-8-15-30)20(25(19)12-11-24(18,2)34-25)22(32)28-17-10-6-5-9-16(17)26/h5-6,9-10,18-20,30H,3-4,7-8,11-15H2,1-2H3,(H,27,31)(H,28,32)/t18-,19+,20?,24+,25?/m1/s1. The summed E-state index contributed by atoms with van der Waals surface area (Å²) in [5.41, 5.74) is -1.37. The van der Waals surface area contributed by atoms with Gasteiger partial charge in [-0.05, 0) is 57.6 Å². The molecule has 3 fully saturated rings. The predicted octanol–water partition coefficient (Wildman–Crippen LogP) is 2.73. The third-order valence-corrected chi connectivity index (χ3v) is 7.88. The summed E-state index contributed by atoms with van der Waals surface area (Å²) in [6, 6.07) is 6.11. The molecule has 3 N–H and O–H groups in total. The van der Waals surface area contributed by atoms with Crippen LogP contribution in [0.1, 0.15) is 52.4 Å². The van der Waals surface area contributed by atoms with Gasteiger partial charge in [0.05, 0.1) is 28.1 Å². The molecule has 3 aliphatic rings. The molecule has 0 saturated carbocycles. The molecule has 34 heavy (non-hydrogen) atoms. The number of fused-ring (bicyclic) bond motifs is 1. The van der Waals surface area contributed by atoms with Crippen LogP contribution in [0.5, 0.6) is 0 Å². The third kappa shape index (κ3) is 4.10. The largest absolute Gasteiger partial charge is 0.396 e. The van der Waals surface area contributed by atoms with Gasteiger partial charge >= 0.3 is 0 Å². The number of aliphatic hydroxyl groups is 1. The van der Waals surface area contributed by atoms with E-state index in [0.29, 0.717) is 49.5 Å². The zero-order chi connectivity index (χ0) is 24.5. The van der Waals surface area contributed by atoms with Crippen molar-refractivity contribution in [2.45, 2.75) is 69.6 Å². The Morgan fingerprint density at radius 2 is 1.97 bits per heavy atom. The number of hydrogen-bond donors (Lipinski definition) is 3. The Kier molecular flexibility index (Phi) is 7.22. The van der Waals surface area contributed by atoms with Crippen LogP contribution >= 0.6 is 11.6 Å². The average molecular weight is 492 g/mol. The van der Waals surface area contributed by atoms with Crippen molar-refractivity contribution in [3.8, 4) is 0 Å². The SMILES string of the molecule is CCCNC(=O)[C@H]1[C@H]2C(=O)N(CCCCCO)C(C(=O)Nc3ccccc3Cl)C23CC[C@]1(C)O3. The quantitative estimate of drug-likeness (QED) is 0.436. The number of likely N-dealkylation sites (tertiary alicyclic amines) is 1. The Balaban J connectivity index is 1.67. The Labute approximate surface area is 205 Å². The first-order valence-corrected chi connectivity index (χ1v) is 12.6. The van der Waals surface area contributed by atoms with Crippen LogP contribution in [0.4, 0.5) is 5.69 Å². The van der Waals surface area contributed by atoms with Crippen LogP contribution in [0.25, 0.3) is 0 Å². The highest BCUT2D eigenvalue weighted by molar-refractivity contribution is 6.33. The minimum Gasteiger partial charge on any atom is -0.396 e. The van der Waals surface area contributed by atoms with E-state index in [9.17, 15) is 14.4 Å². The van der Waals surface area contributed by atoms with Crippen molar-refractivity contribution in [2.75, 3.05) is 25.0 Å². The van der Waals surface area contributed by atoms with Crippen molar-refractivity contribution >= 4 is 35.0 Å². The lowest BCUT2D eigenvalue weighted by atomic mass is 9.66. The summed E-state index contributed by atoms with van der Waals surface area (Å²) in [7, 11) is 0. The van der Waals surface area contributed by atoms with Gasteiger partial charge in [-0.15, -0.1) is 0 Å². The van der Waals surface area contributed by atoms with E-state index in [2.05, 4.69) is 10.6 Å². The number of ether oxygens (including phenoxy) is 1. The predicted molar refractivity (Wildman–Crippen MR) is 128 cm³/mol. The van der Waals surface area contributed by atoms with Gasteiger partial charge in [0.25, 0.3) is 0 Å². The lowest BCUT2D eigenvalue weighted by Gasteiger charge is -2.33. The third-order valence-electron chi connectivity index (χ3n) is 7.55. The van der Waals surface area contributed by atoms with E-state index in [0.717, 1.165) is 12.8 Å². The summed E-state index contributed by atoms with van der Waals surface area (Å²) < 4.78 is 6.56. The normalized spacial score (nSPS) is 31.6. The van der Waals surface area contributed by atoms with Crippen molar-refractivity contribution in [1.82, 2.24) is 10.2 Å². The van der Waals surface area contributed by atoms with Crippen molar-refractivity contribution in [1.29, 1.82) is 0 Å². The van der Waals surface area contributed by atoms with E-state index in [1.165, 1.54) is 0 Å². The number of hydrogen-bond acceptors (Lipinski definition) is 5. The molecule has 4 rings (SSSR count). The number of benzene rings is 1. The Morgan fingerprint density at radius 3 is 2.68 bits per heavy atom. The molecule has 1 spiro atoms. The van der Waals surface area contributed by atoms with Gasteiger partial charge in [0.2, 0.25) is 17.7 Å². The number of carbonyl (C=O) groups is 3. The second-order valence-electron chi connectivity index (χ2n) is 9.80. The van der Waals surface area contributed by atoms with E-state index in [1.807, 2.05) is 13.8 Å². The molecular weight excluding hydrogens is 458 g/mol. The number of nitrogens with zero attached hydrogens (tertiary/aromatic N) is 1. The van der Waals surface area contributed by atoms with Crippen molar-refractivity contribution in [2.24, 2.45) is 11.8 Å². The van der Waals surface area contributed by atoms with E-state index < -0.39 is 29.1 Å². The van der Waals surface area contributed by atoms with Gasteiger partial charge in [-0.2, -0.15) is 0 Å². The van der Waals surface area contributed by atoms with Gasteiger partial charge in [0.1, 0.15) is 11.6 Å². The van der Waals surface area contributed by atoms with Gasteiger partial charge in [-0.1, -0.05) is 30.7 Å². The molecule has 3 heterocycles. The summed E-state index contributed by atoms with van der Waals surface area (Å²) in [6.07, 6.45) is 3.94. The molecule has 8 nitrogen and oxygen atoms in total. The van der Waals surface area contributed by atoms with Crippen molar-refractivity contribution in [3.63, 3.8) is 0 Å². The molecule has 1 aromatic rings. The molecule has 0 aliphatic carbocycles. The zero-order valence-corrected chi connectivity index (χ0v) is 20.6. The highest BCUT2D eigenvalue weighted by atomic mass is 35.5. The molecule has 0 radical (unpaired) electrons. The Hall–Kier alpha value is -2.16. The molecule has 0 aromatic heterocycles. The maximum absolute atomic E-state index is 13.8. The fourth-order valence-electron chi connectivity index (χ4n) is 6.06. The highest BCUT2D eigenvalue weighted by Gasteiger charge is 2.77. The fraction of sp³-hybridized carbons (Fsp3) is 0.640. The molecule has 5 atom stereocenters. The molecule has 2 bridgehead atoms. The molecule has 1 aromatic carbocycles. The maximum Gasteiger partial charge on any atom is 0.250 e. The number of carbonyl (C=O) groups excluding carboxylic acids is 3. The lowest BCUT2D eigenvalue weighted by Crippen LogP contribution is -2.53. The molecule has 3 amide bonds. The van der Waals surface area contributed by atoms with Gasteiger partial charge in [0.15, 0.2) is 0 Å². The van der Waals surface area contributed by atoms with Crippen molar-refractivity contribution < 1.29 is 24.2 Å². The van der Waals surface area contributed by atoms with E-state index in [1.54, 1.807) is 29.2 Å². The first-order valence-electron chi connectivity index (χ1n) is 12.2. The number of rotatable bonds is 10. The number of aliphatic hydroxyl groups excluding tert-OH is 1. The van der Waals surface area contributed by atoms with Crippen LogP contribution in [0.15, 0.2) is 24.3 Å². The van der Waals surface area contributed by atoms with Crippen molar-refractivity contribution in [3.05, 3.63) is 29.3 Å². The van der Waals surface area contributed by atoms with Crippen LogP contribution in [-0.4, -0.2) is 64.7 Å².